The van der Waals surface area contributed by atoms with Gasteiger partial charge in [-0.2, -0.15) is 0 Å². The van der Waals surface area contributed by atoms with Crippen LogP contribution in [0.2, 0.25) is 0 Å². The Balaban J connectivity index is 1.19. The van der Waals surface area contributed by atoms with E-state index >= 15 is 0 Å². The van der Waals surface area contributed by atoms with E-state index in [1.54, 1.807) is 0 Å². The molecule has 2 heterocycles. The van der Waals surface area contributed by atoms with Crippen LogP contribution < -0.4 is 0 Å². The maximum absolute atomic E-state index is 2.47. The van der Waals surface area contributed by atoms with Gasteiger partial charge in [0.05, 0.1) is 16.6 Å². The van der Waals surface area contributed by atoms with Gasteiger partial charge in [0, 0.05) is 21.5 Å². The van der Waals surface area contributed by atoms with Crippen LogP contribution in [-0.2, 0) is 0 Å². The predicted octanol–water partition coefficient (Wildman–Crippen LogP) is 12.1. The van der Waals surface area contributed by atoms with E-state index in [1.807, 2.05) is 0 Å². The molecule has 0 fully saturated rings. The van der Waals surface area contributed by atoms with E-state index in [-0.39, 0.29) is 0 Å². The number of hydrogen-bond donors (Lipinski definition) is 0. The number of fused-ring (bicyclic) bond motifs is 8. The lowest BCUT2D eigenvalue weighted by Gasteiger charge is -2.09. The molecule has 45 heavy (non-hydrogen) atoms. The molecule has 0 spiro atoms. The quantitative estimate of drug-likeness (QED) is 0.199. The summed E-state index contributed by atoms with van der Waals surface area (Å²) in [6.07, 6.45) is 0. The van der Waals surface area contributed by atoms with Gasteiger partial charge in [-0.1, -0.05) is 115 Å². The molecular weight excluding hydrogens is 542 g/mol. The normalized spacial score (nSPS) is 12.0. The van der Waals surface area contributed by atoms with Gasteiger partial charge in [0.25, 0.3) is 0 Å². The molecule has 0 atom stereocenters. The first kappa shape index (κ1) is 24.5. The van der Waals surface area contributed by atoms with Crippen molar-refractivity contribution >= 4 is 59.6 Å². The number of hydrogen-bond acceptors (Lipinski definition) is 0. The molecule has 0 saturated carbocycles. The zero-order valence-electron chi connectivity index (χ0n) is 24.5. The van der Waals surface area contributed by atoms with E-state index in [1.165, 1.54) is 93.0 Å². The summed E-state index contributed by atoms with van der Waals surface area (Å²) in [5, 5.41) is 10.3. The summed E-state index contributed by atoms with van der Waals surface area (Å²) in [5.41, 5.74) is 11.2. The van der Waals surface area contributed by atoms with Crippen molar-refractivity contribution in [2.75, 3.05) is 0 Å². The molecule has 0 radical (unpaired) electrons. The van der Waals surface area contributed by atoms with Crippen LogP contribution >= 0.6 is 0 Å². The highest BCUT2D eigenvalue weighted by molar-refractivity contribution is 6.24. The second-order valence-corrected chi connectivity index (χ2v) is 12.2. The number of para-hydroxylation sites is 1. The fourth-order valence-electron chi connectivity index (χ4n) is 7.46. The molecule has 10 aromatic rings. The number of aromatic nitrogens is 1. The molecule has 0 bridgehead atoms. The lowest BCUT2D eigenvalue weighted by atomic mass is 9.95. The van der Waals surface area contributed by atoms with E-state index in [2.05, 4.69) is 168 Å². The van der Waals surface area contributed by atoms with E-state index in [4.69, 9.17) is 0 Å². The summed E-state index contributed by atoms with van der Waals surface area (Å²) in [4.78, 5) is 0. The van der Waals surface area contributed by atoms with Gasteiger partial charge in [0.1, 0.15) is 0 Å². The Kier molecular flexibility index (Phi) is 5.06. The molecule has 10 rings (SSSR count). The van der Waals surface area contributed by atoms with Crippen LogP contribution in [0, 0.1) is 0 Å². The third-order valence-electron chi connectivity index (χ3n) is 9.66. The van der Waals surface area contributed by atoms with Gasteiger partial charge in [-0.15, -0.1) is 0 Å². The van der Waals surface area contributed by atoms with Crippen molar-refractivity contribution in [3.8, 4) is 33.4 Å². The number of rotatable bonds is 3. The standard InChI is InChI=1S/C44H27N/c1-3-10-30-22-34(18-16-28(30)8-1)32-12-7-13-33(24-32)36-20-21-43-39(25-36)41-27-37(35-19-17-29-9-2-4-11-31(29)23-35)26-40-38-14-5-6-15-42(38)45(43)44(40)41/h1-27H. The second kappa shape index (κ2) is 9.29. The minimum absolute atomic E-state index is 1.23. The summed E-state index contributed by atoms with van der Waals surface area (Å²) >= 11 is 0. The molecule has 8 aromatic carbocycles. The molecular formula is C44H27N. The first-order valence-corrected chi connectivity index (χ1v) is 15.6. The van der Waals surface area contributed by atoms with E-state index in [9.17, 15) is 0 Å². The van der Waals surface area contributed by atoms with Crippen LogP contribution in [0.3, 0.4) is 0 Å². The van der Waals surface area contributed by atoms with E-state index < -0.39 is 0 Å². The van der Waals surface area contributed by atoms with Gasteiger partial charge in [-0.3, -0.25) is 0 Å². The smallest absolute Gasteiger partial charge is 0.0620 e. The lowest BCUT2D eigenvalue weighted by Crippen LogP contribution is -1.84. The topological polar surface area (TPSA) is 4.41 Å². The molecule has 0 amide bonds. The molecule has 1 heteroatoms. The Bertz CT molecular complexity index is 2760. The van der Waals surface area contributed by atoms with E-state index in [0.29, 0.717) is 0 Å². The fraction of sp³-hybridized carbons (Fsp3) is 0. The maximum Gasteiger partial charge on any atom is 0.0620 e. The summed E-state index contributed by atoms with van der Waals surface area (Å²) in [6.45, 7) is 0. The average molecular weight is 570 g/mol. The number of benzene rings is 8. The molecule has 0 saturated heterocycles. The minimum atomic E-state index is 1.23. The van der Waals surface area contributed by atoms with Crippen LogP contribution in [0.5, 0.6) is 0 Å². The Morgan fingerprint density at radius 2 is 0.756 bits per heavy atom. The Labute approximate surface area is 260 Å². The monoisotopic (exact) mass is 569 g/mol. The average Bonchev–Trinajstić information content (AvgIpc) is 3.62. The van der Waals surface area contributed by atoms with E-state index in [0.717, 1.165) is 0 Å². The first-order chi connectivity index (χ1) is 22.3. The molecule has 0 N–H and O–H groups in total. The van der Waals surface area contributed by atoms with Crippen molar-refractivity contribution in [1.82, 2.24) is 4.40 Å². The molecule has 0 aliphatic carbocycles. The van der Waals surface area contributed by atoms with Gasteiger partial charge in [-0.25, -0.2) is 0 Å². The van der Waals surface area contributed by atoms with Crippen LogP contribution in [0.4, 0.5) is 0 Å². The zero-order chi connectivity index (χ0) is 29.5. The Morgan fingerprint density at radius 1 is 0.267 bits per heavy atom. The molecule has 0 aliphatic heterocycles. The van der Waals surface area contributed by atoms with Crippen LogP contribution in [0.1, 0.15) is 0 Å². The van der Waals surface area contributed by atoms with Gasteiger partial charge < -0.3 is 4.40 Å². The predicted molar refractivity (Wildman–Crippen MR) is 192 cm³/mol. The first-order valence-electron chi connectivity index (χ1n) is 15.6. The minimum Gasteiger partial charge on any atom is -0.308 e. The SMILES string of the molecule is c1cc(-c2ccc3ccccc3c2)cc(-c2ccc3c(c2)c2cc(-c4ccc5ccccc5c4)cc4c5ccccc5n3c42)c1. The van der Waals surface area contributed by atoms with Crippen molar-refractivity contribution in [3.63, 3.8) is 0 Å². The molecule has 2 aromatic heterocycles. The summed E-state index contributed by atoms with van der Waals surface area (Å²) in [6, 6.07) is 60.4. The van der Waals surface area contributed by atoms with Gasteiger partial charge in [-0.05, 0) is 103 Å². The van der Waals surface area contributed by atoms with Crippen LogP contribution in [0.15, 0.2) is 164 Å². The van der Waals surface area contributed by atoms with Crippen molar-refractivity contribution in [2.45, 2.75) is 0 Å². The maximum atomic E-state index is 2.47. The zero-order valence-corrected chi connectivity index (χ0v) is 24.5. The van der Waals surface area contributed by atoms with Gasteiger partial charge >= 0.3 is 0 Å². The van der Waals surface area contributed by atoms with Gasteiger partial charge in [0.2, 0.25) is 0 Å². The van der Waals surface area contributed by atoms with Crippen molar-refractivity contribution < 1.29 is 0 Å². The van der Waals surface area contributed by atoms with Crippen LogP contribution in [0.25, 0.3) is 93.0 Å². The fourth-order valence-corrected chi connectivity index (χ4v) is 7.46. The largest absolute Gasteiger partial charge is 0.308 e. The van der Waals surface area contributed by atoms with Crippen molar-refractivity contribution in [2.24, 2.45) is 0 Å². The summed E-state index contributed by atoms with van der Waals surface area (Å²) in [7, 11) is 0. The van der Waals surface area contributed by atoms with Gasteiger partial charge in [0.15, 0.2) is 0 Å². The van der Waals surface area contributed by atoms with Crippen LogP contribution in [-0.4, -0.2) is 4.40 Å². The lowest BCUT2D eigenvalue weighted by molar-refractivity contribution is 1.37. The highest BCUT2D eigenvalue weighted by Crippen LogP contribution is 2.43. The highest BCUT2D eigenvalue weighted by atomic mass is 14.9. The molecule has 0 aliphatic rings. The second-order valence-electron chi connectivity index (χ2n) is 12.2. The summed E-state index contributed by atoms with van der Waals surface area (Å²) in [5.74, 6) is 0. The third kappa shape index (κ3) is 3.68. The highest BCUT2D eigenvalue weighted by Gasteiger charge is 2.19. The Hall–Kier alpha value is -5.92. The van der Waals surface area contributed by atoms with Crippen molar-refractivity contribution in [3.05, 3.63) is 164 Å². The molecule has 0 unspecified atom stereocenters. The van der Waals surface area contributed by atoms with Crippen molar-refractivity contribution in [1.29, 1.82) is 0 Å². The summed E-state index contributed by atoms with van der Waals surface area (Å²) < 4.78 is 2.47. The number of nitrogens with zero attached hydrogens (tertiary/aromatic N) is 1. The molecule has 1 nitrogen and oxygen atoms in total. The third-order valence-corrected chi connectivity index (χ3v) is 9.66. The Morgan fingerprint density at radius 3 is 1.47 bits per heavy atom. The molecule has 208 valence electrons.